The van der Waals surface area contributed by atoms with E-state index in [2.05, 4.69) is 0 Å². The van der Waals surface area contributed by atoms with E-state index in [-0.39, 0.29) is 11.5 Å². The molecule has 0 saturated heterocycles. The Kier molecular flexibility index (Phi) is 4.07. The van der Waals surface area contributed by atoms with Crippen LogP contribution in [0.4, 0.5) is 0 Å². The summed E-state index contributed by atoms with van der Waals surface area (Å²) in [6, 6.07) is 3.33. The first-order valence-electron chi connectivity index (χ1n) is 6.42. The van der Waals surface area contributed by atoms with Crippen molar-refractivity contribution in [2.75, 3.05) is 20.2 Å². The van der Waals surface area contributed by atoms with Crippen LogP contribution < -0.4 is 9.64 Å². The number of hydrogen-bond acceptors (Lipinski definition) is 4. The number of methoxy groups -OCH3 is 1. The first-order chi connectivity index (χ1) is 9.01. The van der Waals surface area contributed by atoms with Crippen molar-refractivity contribution in [2.24, 2.45) is 0 Å². The molecule has 0 aliphatic carbocycles. The summed E-state index contributed by atoms with van der Waals surface area (Å²) in [5, 5.41) is 20.0. The molecule has 1 aliphatic rings. The predicted molar refractivity (Wildman–Crippen MR) is 69.3 cm³/mol. The van der Waals surface area contributed by atoms with Crippen molar-refractivity contribution >= 4 is 5.78 Å². The Morgan fingerprint density at radius 1 is 1.53 bits per heavy atom. The molecular formula is C14H20NO4+. The van der Waals surface area contributed by atoms with Crippen LogP contribution in [0.3, 0.4) is 0 Å². The monoisotopic (exact) mass is 266 g/mol. The fraction of sp³-hybridized carbons (Fsp3) is 0.500. The maximum Gasteiger partial charge on any atom is 0.160 e. The molecule has 1 aromatic carbocycles. The van der Waals surface area contributed by atoms with Gasteiger partial charge in [0.05, 0.1) is 20.1 Å². The number of fused-ring (bicyclic) bond motifs is 1. The maximum atomic E-state index is 11.0. The van der Waals surface area contributed by atoms with Crippen LogP contribution in [0.2, 0.25) is 0 Å². The van der Waals surface area contributed by atoms with Crippen LogP contribution in [0.5, 0.6) is 11.5 Å². The molecule has 3 N–H and O–H groups in total. The second-order valence-electron chi connectivity index (χ2n) is 5.07. The van der Waals surface area contributed by atoms with Crippen molar-refractivity contribution < 1.29 is 24.6 Å². The molecule has 1 aliphatic heterocycles. The molecule has 1 aromatic rings. The summed E-state index contributed by atoms with van der Waals surface area (Å²) < 4.78 is 5.05. The fourth-order valence-electron chi connectivity index (χ4n) is 2.52. The number of quaternary nitrogens is 1. The number of carbonyl (C=O) groups excluding carboxylic acids is 1. The van der Waals surface area contributed by atoms with Gasteiger partial charge in [0.1, 0.15) is 25.0 Å². The van der Waals surface area contributed by atoms with Gasteiger partial charge in [-0.1, -0.05) is 0 Å². The van der Waals surface area contributed by atoms with Gasteiger partial charge in [0.25, 0.3) is 0 Å². The van der Waals surface area contributed by atoms with E-state index in [9.17, 15) is 15.0 Å². The zero-order valence-electron chi connectivity index (χ0n) is 11.3. The Labute approximate surface area is 112 Å². The zero-order valence-corrected chi connectivity index (χ0v) is 11.3. The summed E-state index contributed by atoms with van der Waals surface area (Å²) >= 11 is 0. The number of ketones is 1. The zero-order chi connectivity index (χ0) is 14.0. The van der Waals surface area contributed by atoms with Crippen LogP contribution in [0.25, 0.3) is 0 Å². The Balaban J connectivity index is 2.19. The molecule has 0 spiro atoms. The van der Waals surface area contributed by atoms with E-state index in [1.54, 1.807) is 19.1 Å². The van der Waals surface area contributed by atoms with Crippen molar-refractivity contribution in [1.82, 2.24) is 0 Å². The lowest BCUT2D eigenvalue weighted by molar-refractivity contribution is -0.919. The van der Waals surface area contributed by atoms with Crippen LogP contribution in [-0.4, -0.2) is 36.2 Å². The highest BCUT2D eigenvalue weighted by molar-refractivity contribution is 5.75. The lowest BCUT2D eigenvalue weighted by Crippen LogP contribution is -3.12. The Bertz CT molecular complexity index is 487. The van der Waals surface area contributed by atoms with Crippen molar-refractivity contribution in [2.45, 2.75) is 26.0 Å². The number of phenolic OH excluding ortho intramolecular Hbond substituents is 1. The highest BCUT2D eigenvalue weighted by Crippen LogP contribution is 2.32. The van der Waals surface area contributed by atoms with Crippen LogP contribution in [0.15, 0.2) is 12.1 Å². The van der Waals surface area contributed by atoms with Crippen molar-refractivity contribution in [3.05, 3.63) is 23.3 Å². The molecule has 2 atom stereocenters. The summed E-state index contributed by atoms with van der Waals surface area (Å²) in [6.45, 7) is 3.56. The smallest absolute Gasteiger partial charge is 0.160 e. The Morgan fingerprint density at radius 3 is 2.89 bits per heavy atom. The number of ether oxygens (including phenoxy) is 1. The number of nitrogens with one attached hydrogen (secondary N) is 1. The average molecular weight is 266 g/mol. The van der Waals surface area contributed by atoms with Gasteiger partial charge in [-0.05, 0) is 24.6 Å². The summed E-state index contributed by atoms with van der Waals surface area (Å²) in [7, 11) is 1.49. The molecule has 5 nitrogen and oxygen atoms in total. The van der Waals surface area contributed by atoms with Crippen LogP contribution >= 0.6 is 0 Å². The van der Waals surface area contributed by atoms with Gasteiger partial charge in [-0.15, -0.1) is 0 Å². The average Bonchev–Trinajstić information content (AvgIpc) is 2.35. The lowest BCUT2D eigenvalue weighted by atomic mass is 9.96. The number of Topliss-reactive ketones (excluding diaryl/α,β-unsaturated/α-hetero) is 1. The van der Waals surface area contributed by atoms with Gasteiger partial charge in [-0.25, -0.2) is 0 Å². The van der Waals surface area contributed by atoms with Gasteiger partial charge >= 0.3 is 0 Å². The molecule has 0 fully saturated rings. The number of benzene rings is 1. The third-order valence-corrected chi connectivity index (χ3v) is 3.55. The predicted octanol–water partition coefficient (Wildman–Crippen LogP) is -0.188. The molecule has 1 unspecified atom stereocenters. The lowest BCUT2D eigenvalue weighted by Gasteiger charge is -2.29. The third-order valence-electron chi connectivity index (χ3n) is 3.55. The molecule has 19 heavy (non-hydrogen) atoms. The van der Waals surface area contributed by atoms with Gasteiger partial charge in [0.2, 0.25) is 0 Å². The Morgan fingerprint density at radius 2 is 2.26 bits per heavy atom. The largest absolute Gasteiger partial charge is 0.504 e. The molecule has 0 radical (unpaired) electrons. The number of aliphatic hydroxyl groups excluding tert-OH is 1. The summed E-state index contributed by atoms with van der Waals surface area (Å²) in [5.74, 6) is 0.622. The summed E-state index contributed by atoms with van der Waals surface area (Å²) in [6.07, 6.45) is -0.0697. The van der Waals surface area contributed by atoms with E-state index < -0.39 is 6.10 Å². The number of carbonyl (C=O) groups is 1. The van der Waals surface area contributed by atoms with Gasteiger partial charge < -0.3 is 19.8 Å². The molecule has 1 heterocycles. The van der Waals surface area contributed by atoms with Gasteiger partial charge in [-0.3, -0.25) is 4.79 Å². The summed E-state index contributed by atoms with van der Waals surface area (Å²) in [4.78, 5) is 12.2. The normalized spacial score (nSPS) is 21.8. The molecule has 104 valence electrons. The van der Waals surface area contributed by atoms with Gasteiger partial charge in [-0.2, -0.15) is 0 Å². The third kappa shape index (κ3) is 3.05. The fourth-order valence-corrected chi connectivity index (χ4v) is 2.52. The standard InChI is InChI=1S/C14H19NO4/c1-9(16)3-4-15-7-10-5-12(17)14(19-2)6-11(10)13(18)8-15/h5-6,13,17-18H,3-4,7-8H2,1-2H3/p+1/t13-/m0/s1. The minimum atomic E-state index is -0.583. The van der Waals surface area contributed by atoms with E-state index in [1.165, 1.54) is 7.11 Å². The highest BCUT2D eigenvalue weighted by atomic mass is 16.5. The van der Waals surface area contributed by atoms with E-state index in [4.69, 9.17) is 4.74 Å². The molecule has 5 heteroatoms. The van der Waals surface area contributed by atoms with Crippen molar-refractivity contribution in [3.63, 3.8) is 0 Å². The maximum absolute atomic E-state index is 11.0. The van der Waals surface area contributed by atoms with Crippen molar-refractivity contribution in [1.29, 1.82) is 0 Å². The number of aliphatic hydroxyl groups is 1. The second kappa shape index (κ2) is 5.59. The quantitative estimate of drug-likeness (QED) is 0.706. The van der Waals surface area contributed by atoms with Crippen LogP contribution in [0, 0.1) is 0 Å². The molecule has 0 bridgehead atoms. The van der Waals surface area contributed by atoms with Gasteiger partial charge in [0.15, 0.2) is 11.5 Å². The topological polar surface area (TPSA) is 71.2 Å². The van der Waals surface area contributed by atoms with E-state index in [1.807, 2.05) is 0 Å². The number of phenols is 1. The molecule has 0 saturated carbocycles. The second-order valence-corrected chi connectivity index (χ2v) is 5.07. The minimum absolute atomic E-state index is 0.0845. The van der Waals surface area contributed by atoms with Crippen LogP contribution in [-0.2, 0) is 11.3 Å². The minimum Gasteiger partial charge on any atom is -0.504 e. The van der Waals surface area contributed by atoms with E-state index in [0.29, 0.717) is 31.8 Å². The first-order valence-corrected chi connectivity index (χ1v) is 6.42. The van der Waals surface area contributed by atoms with Crippen molar-refractivity contribution in [3.8, 4) is 11.5 Å². The molecular weight excluding hydrogens is 246 g/mol. The molecule has 0 amide bonds. The number of rotatable bonds is 4. The van der Waals surface area contributed by atoms with Crippen LogP contribution in [0.1, 0.15) is 30.6 Å². The highest BCUT2D eigenvalue weighted by Gasteiger charge is 2.28. The molecule has 0 aromatic heterocycles. The Hall–Kier alpha value is -1.59. The SMILES string of the molecule is COc1cc2c(cc1O)C[NH+](CCC(C)=O)C[C@@H]2O. The number of aromatic hydroxyl groups is 1. The number of hydrogen-bond donors (Lipinski definition) is 3. The summed E-state index contributed by atoms with van der Waals surface area (Å²) in [5.41, 5.74) is 1.72. The van der Waals surface area contributed by atoms with E-state index >= 15 is 0 Å². The molecule has 2 rings (SSSR count). The van der Waals surface area contributed by atoms with E-state index in [0.717, 1.165) is 16.0 Å². The van der Waals surface area contributed by atoms with Gasteiger partial charge in [0, 0.05) is 5.56 Å². The first kappa shape index (κ1) is 13.8.